The smallest absolute Gasteiger partial charge is 0.416 e. The van der Waals surface area contributed by atoms with Gasteiger partial charge in [-0.2, -0.15) is 13.2 Å². The van der Waals surface area contributed by atoms with Gasteiger partial charge in [0.1, 0.15) is 5.75 Å². The Morgan fingerprint density at radius 2 is 1.64 bits per heavy atom. The Hall–Kier alpha value is -2.01. The first-order valence-electron chi connectivity index (χ1n) is 7.00. The summed E-state index contributed by atoms with van der Waals surface area (Å²) < 4.78 is 43.3. The van der Waals surface area contributed by atoms with Gasteiger partial charge < -0.3 is 9.84 Å². The van der Waals surface area contributed by atoms with Crippen molar-refractivity contribution in [2.24, 2.45) is 0 Å². The third-order valence-electron chi connectivity index (χ3n) is 3.24. The molecule has 2 aromatic rings. The van der Waals surface area contributed by atoms with E-state index >= 15 is 0 Å². The van der Waals surface area contributed by atoms with Crippen molar-refractivity contribution in [1.29, 1.82) is 0 Å². The first-order valence-corrected chi connectivity index (χ1v) is 7.00. The van der Waals surface area contributed by atoms with Gasteiger partial charge in [-0.25, -0.2) is 0 Å². The number of aliphatic hydroxyl groups is 1. The van der Waals surface area contributed by atoms with Gasteiger partial charge in [0.15, 0.2) is 0 Å². The van der Waals surface area contributed by atoms with Crippen molar-refractivity contribution in [3.05, 3.63) is 53.6 Å². The summed E-state index contributed by atoms with van der Waals surface area (Å²) in [5.74, 6) is 0.557. The maximum atomic E-state index is 12.6. The van der Waals surface area contributed by atoms with Gasteiger partial charge in [-0.1, -0.05) is 31.2 Å². The highest BCUT2D eigenvalue weighted by molar-refractivity contribution is 5.66. The van der Waals surface area contributed by atoms with Gasteiger partial charge in [0.25, 0.3) is 0 Å². The molecule has 2 nitrogen and oxygen atoms in total. The molecule has 0 bridgehead atoms. The van der Waals surface area contributed by atoms with Crippen LogP contribution in [0.2, 0.25) is 0 Å². The molecule has 0 amide bonds. The molecule has 22 heavy (non-hydrogen) atoms. The van der Waals surface area contributed by atoms with Gasteiger partial charge in [-0.15, -0.1) is 0 Å². The molecule has 0 fully saturated rings. The molecule has 0 radical (unpaired) electrons. The zero-order valence-corrected chi connectivity index (χ0v) is 12.2. The van der Waals surface area contributed by atoms with E-state index in [-0.39, 0.29) is 6.61 Å². The fourth-order valence-electron chi connectivity index (χ4n) is 2.06. The first-order chi connectivity index (χ1) is 10.5. The molecule has 0 aliphatic carbocycles. The van der Waals surface area contributed by atoms with Crippen LogP contribution < -0.4 is 4.74 Å². The van der Waals surface area contributed by atoms with Crippen molar-refractivity contribution >= 4 is 0 Å². The molecule has 2 rings (SSSR count). The van der Waals surface area contributed by atoms with E-state index in [0.29, 0.717) is 23.5 Å². The summed E-state index contributed by atoms with van der Waals surface area (Å²) in [7, 11) is 0. The van der Waals surface area contributed by atoms with Crippen LogP contribution >= 0.6 is 0 Å². The van der Waals surface area contributed by atoms with E-state index in [9.17, 15) is 18.3 Å². The maximum Gasteiger partial charge on any atom is 0.416 e. The van der Waals surface area contributed by atoms with E-state index in [1.54, 1.807) is 18.2 Å². The zero-order chi connectivity index (χ0) is 16.2. The molecule has 0 aliphatic rings. The van der Waals surface area contributed by atoms with Gasteiger partial charge in [0.2, 0.25) is 0 Å². The molecule has 0 saturated heterocycles. The second kappa shape index (κ2) is 6.83. The van der Waals surface area contributed by atoms with Crippen molar-refractivity contribution in [3.8, 4) is 16.9 Å². The lowest BCUT2D eigenvalue weighted by Gasteiger charge is -2.12. The summed E-state index contributed by atoms with van der Waals surface area (Å²) in [6, 6.07) is 10.2. The number of hydrogen-bond donors (Lipinski definition) is 1. The lowest BCUT2D eigenvalue weighted by molar-refractivity contribution is -0.137. The normalized spacial score (nSPS) is 11.5. The first kappa shape index (κ1) is 16.4. The van der Waals surface area contributed by atoms with Crippen molar-refractivity contribution in [3.63, 3.8) is 0 Å². The Morgan fingerprint density at radius 1 is 1.00 bits per heavy atom. The number of benzene rings is 2. The molecule has 0 atom stereocenters. The van der Waals surface area contributed by atoms with Crippen LogP contribution in [-0.2, 0) is 12.8 Å². The number of hydrogen-bond acceptors (Lipinski definition) is 2. The van der Waals surface area contributed by atoms with E-state index in [1.165, 1.54) is 12.1 Å². The van der Waals surface area contributed by atoms with Crippen LogP contribution in [0.1, 0.15) is 24.5 Å². The van der Waals surface area contributed by atoms with E-state index in [2.05, 4.69) is 0 Å². The third kappa shape index (κ3) is 3.80. The molecule has 5 heteroatoms. The Labute approximate surface area is 127 Å². The van der Waals surface area contributed by atoms with Gasteiger partial charge in [-0.05, 0) is 35.7 Å². The predicted octanol–water partition coefficient (Wildman–Crippen LogP) is 4.65. The SMILES string of the molecule is CCCOc1cc(-c2ccc(C(F)(F)F)cc2)ccc1CO. The van der Waals surface area contributed by atoms with Crippen LogP contribution in [0.4, 0.5) is 13.2 Å². The molecule has 0 saturated carbocycles. The monoisotopic (exact) mass is 310 g/mol. The minimum Gasteiger partial charge on any atom is -0.493 e. The molecule has 1 N–H and O–H groups in total. The molecular formula is C17H17F3O2. The molecule has 0 spiro atoms. The fraction of sp³-hybridized carbons (Fsp3) is 0.294. The van der Waals surface area contributed by atoms with Crippen LogP contribution in [0.3, 0.4) is 0 Å². The zero-order valence-electron chi connectivity index (χ0n) is 12.2. The summed E-state index contributed by atoms with van der Waals surface area (Å²) in [6.45, 7) is 2.34. The molecule has 0 heterocycles. The molecular weight excluding hydrogens is 293 g/mol. The van der Waals surface area contributed by atoms with E-state index < -0.39 is 11.7 Å². The van der Waals surface area contributed by atoms with Gasteiger partial charge in [0, 0.05) is 5.56 Å². The summed E-state index contributed by atoms with van der Waals surface area (Å²) in [5, 5.41) is 9.30. The van der Waals surface area contributed by atoms with Crippen molar-refractivity contribution in [2.45, 2.75) is 26.1 Å². The van der Waals surface area contributed by atoms with Gasteiger partial charge in [-0.3, -0.25) is 0 Å². The minimum absolute atomic E-state index is 0.146. The number of rotatable bonds is 5. The lowest BCUT2D eigenvalue weighted by atomic mass is 10.0. The standard InChI is InChI=1S/C17H17F3O2/c1-2-9-22-16-10-13(3-4-14(16)11-21)12-5-7-15(8-6-12)17(18,19)20/h3-8,10,21H,2,9,11H2,1H3. The average molecular weight is 310 g/mol. The van der Waals surface area contributed by atoms with Gasteiger partial charge in [0.05, 0.1) is 18.8 Å². The Bertz CT molecular complexity index is 619. The quantitative estimate of drug-likeness (QED) is 0.871. The van der Waals surface area contributed by atoms with E-state index in [0.717, 1.165) is 24.1 Å². The topological polar surface area (TPSA) is 29.5 Å². The van der Waals surface area contributed by atoms with Crippen molar-refractivity contribution in [1.82, 2.24) is 0 Å². The highest BCUT2D eigenvalue weighted by atomic mass is 19.4. The highest BCUT2D eigenvalue weighted by Gasteiger charge is 2.29. The van der Waals surface area contributed by atoms with Crippen molar-refractivity contribution < 1.29 is 23.0 Å². The fourth-order valence-corrected chi connectivity index (χ4v) is 2.06. The number of ether oxygens (including phenoxy) is 1. The molecule has 118 valence electrons. The average Bonchev–Trinajstić information content (AvgIpc) is 2.52. The maximum absolute atomic E-state index is 12.6. The minimum atomic E-state index is -4.34. The van der Waals surface area contributed by atoms with Crippen LogP contribution in [0.5, 0.6) is 5.75 Å². The largest absolute Gasteiger partial charge is 0.493 e. The molecule has 0 aliphatic heterocycles. The Kier molecular flexibility index (Phi) is 5.08. The summed E-state index contributed by atoms with van der Waals surface area (Å²) in [4.78, 5) is 0. The number of halogens is 3. The second-order valence-electron chi connectivity index (χ2n) is 4.90. The summed E-state index contributed by atoms with van der Waals surface area (Å²) >= 11 is 0. The second-order valence-corrected chi connectivity index (χ2v) is 4.90. The molecule has 0 unspecified atom stereocenters. The highest BCUT2D eigenvalue weighted by Crippen LogP contribution is 2.32. The van der Waals surface area contributed by atoms with Crippen LogP contribution in [0, 0.1) is 0 Å². The molecule has 0 aromatic heterocycles. The molecule has 2 aromatic carbocycles. The Morgan fingerprint density at radius 3 is 2.18 bits per heavy atom. The third-order valence-corrected chi connectivity index (χ3v) is 3.24. The van der Waals surface area contributed by atoms with Crippen molar-refractivity contribution in [2.75, 3.05) is 6.61 Å². The van der Waals surface area contributed by atoms with Crippen LogP contribution in [0.25, 0.3) is 11.1 Å². The lowest BCUT2D eigenvalue weighted by Crippen LogP contribution is -2.04. The Balaban J connectivity index is 2.32. The summed E-state index contributed by atoms with van der Waals surface area (Å²) in [5.41, 5.74) is 1.39. The summed E-state index contributed by atoms with van der Waals surface area (Å²) in [6.07, 6.45) is -3.51. The predicted molar refractivity (Wildman–Crippen MR) is 78.6 cm³/mol. The number of aliphatic hydroxyl groups excluding tert-OH is 1. The van der Waals surface area contributed by atoms with E-state index in [1.807, 2.05) is 6.92 Å². The van der Waals surface area contributed by atoms with Gasteiger partial charge >= 0.3 is 6.18 Å². The van der Waals surface area contributed by atoms with E-state index in [4.69, 9.17) is 4.74 Å². The van der Waals surface area contributed by atoms with Crippen LogP contribution in [0.15, 0.2) is 42.5 Å². The number of alkyl halides is 3. The van der Waals surface area contributed by atoms with Crippen LogP contribution in [-0.4, -0.2) is 11.7 Å².